The Bertz CT molecular complexity index is 540. The highest BCUT2D eigenvalue weighted by Gasteiger charge is 2.04. The van der Waals surface area contributed by atoms with E-state index in [4.69, 9.17) is 23.2 Å². The Morgan fingerprint density at radius 3 is 2.65 bits per heavy atom. The summed E-state index contributed by atoms with van der Waals surface area (Å²) in [5.74, 6) is 1.22. The van der Waals surface area contributed by atoms with Crippen molar-refractivity contribution in [1.29, 1.82) is 0 Å². The van der Waals surface area contributed by atoms with Gasteiger partial charge >= 0.3 is 0 Å². The van der Waals surface area contributed by atoms with Crippen LogP contribution in [0.2, 0.25) is 10.2 Å². The lowest BCUT2D eigenvalue weighted by atomic mass is 10.3. The molecule has 1 N–H and O–H groups in total. The third-order valence-corrected chi connectivity index (χ3v) is 3.01. The Kier molecular flexibility index (Phi) is 3.86. The lowest BCUT2D eigenvalue weighted by molar-refractivity contribution is 1.06. The number of hydrogen-bond donors (Lipinski definition) is 1. The summed E-state index contributed by atoms with van der Waals surface area (Å²) in [6.45, 7) is 1.78. The van der Waals surface area contributed by atoms with Gasteiger partial charge in [-0.15, -0.1) is 0 Å². The van der Waals surface area contributed by atoms with Crippen molar-refractivity contribution in [3.05, 3.63) is 44.7 Å². The van der Waals surface area contributed by atoms with Gasteiger partial charge in [0.05, 0.1) is 10.7 Å². The fraction of sp³-hybridized carbons (Fsp3) is 0.0909. The fourth-order valence-electron chi connectivity index (χ4n) is 1.33. The van der Waals surface area contributed by atoms with Gasteiger partial charge in [-0.2, -0.15) is 0 Å². The number of anilines is 2. The summed E-state index contributed by atoms with van der Waals surface area (Å²) >= 11 is 15.3. The van der Waals surface area contributed by atoms with E-state index in [0.717, 1.165) is 10.2 Å². The molecule has 0 bridgehead atoms. The van der Waals surface area contributed by atoms with Crippen LogP contribution in [0.5, 0.6) is 0 Å². The first kappa shape index (κ1) is 12.6. The maximum absolute atomic E-state index is 6.07. The van der Waals surface area contributed by atoms with Crippen LogP contribution >= 0.6 is 39.1 Å². The van der Waals surface area contributed by atoms with E-state index >= 15 is 0 Å². The van der Waals surface area contributed by atoms with Crippen LogP contribution in [0.4, 0.5) is 11.5 Å². The van der Waals surface area contributed by atoms with E-state index in [1.165, 1.54) is 0 Å². The van der Waals surface area contributed by atoms with Gasteiger partial charge in [-0.25, -0.2) is 9.97 Å². The van der Waals surface area contributed by atoms with Crippen molar-refractivity contribution in [3.8, 4) is 0 Å². The maximum Gasteiger partial charge on any atom is 0.135 e. The number of nitrogens with zero attached hydrogens (tertiary/aromatic N) is 2. The molecule has 1 aromatic carbocycles. The Labute approximate surface area is 117 Å². The Hall–Kier alpha value is -0.840. The molecule has 2 aromatic rings. The van der Waals surface area contributed by atoms with E-state index in [9.17, 15) is 0 Å². The minimum atomic E-state index is 0.395. The molecule has 0 amide bonds. The first-order valence-electron chi connectivity index (χ1n) is 4.78. The van der Waals surface area contributed by atoms with Gasteiger partial charge in [0, 0.05) is 10.5 Å². The highest BCUT2D eigenvalue weighted by Crippen LogP contribution is 2.28. The maximum atomic E-state index is 6.07. The molecular weight excluding hydrogens is 325 g/mol. The van der Waals surface area contributed by atoms with Crippen molar-refractivity contribution in [2.45, 2.75) is 6.92 Å². The number of aromatic nitrogens is 2. The molecule has 0 aliphatic rings. The van der Waals surface area contributed by atoms with Gasteiger partial charge in [0.15, 0.2) is 0 Å². The number of rotatable bonds is 2. The van der Waals surface area contributed by atoms with E-state index in [1.807, 2.05) is 12.1 Å². The van der Waals surface area contributed by atoms with E-state index < -0.39 is 0 Å². The molecule has 0 fully saturated rings. The molecule has 0 saturated heterocycles. The zero-order valence-corrected chi connectivity index (χ0v) is 11.9. The molecule has 1 aromatic heterocycles. The highest BCUT2D eigenvalue weighted by atomic mass is 79.9. The highest BCUT2D eigenvalue weighted by molar-refractivity contribution is 9.10. The van der Waals surface area contributed by atoms with Crippen molar-refractivity contribution >= 4 is 50.6 Å². The number of benzene rings is 1. The minimum Gasteiger partial charge on any atom is -0.339 e. The summed E-state index contributed by atoms with van der Waals surface area (Å²) in [5.41, 5.74) is 0.759. The molecule has 1 heterocycles. The van der Waals surface area contributed by atoms with Crippen molar-refractivity contribution in [2.75, 3.05) is 5.32 Å². The van der Waals surface area contributed by atoms with Crippen LogP contribution in [0.3, 0.4) is 0 Å². The van der Waals surface area contributed by atoms with Crippen LogP contribution in [-0.2, 0) is 0 Å². The summed E-state index contributed by atoms with van der Waals surface area (Å²) in [7, 11) is 0. The first-order chi connectivity index (χ1) is 8.04. The third-order valence-electron chi connectivity index (χ3n) is 2.00. The van der Waals surface area contributed by atoms with Crippen LogP contribution in [0, 0.1) is 6.92 Å². The molecule has 3 nitrogen and oxygen atoms in total. The number of halogens is 3. The van der Waals surface area contributed by atoms with E-state index in [1.54, 1.807) is 19.1 Å². The summed E-state index contributed by atoms with van der Waals surface area (Å²) in [6, 6.07) is 7.18. The minimum absolute atomic E-state index is 0.395. The predicted octanol–water partition coefficient (Wildman–Crippen LogP) is 4.60. The predicted molar refractivity (Wildman–Crippen MR) is 74.2 cm³/mol. The van der Waals surface area contributed by atoms with Gasteiger partial charge in [-0.1, -0.05) is 39.1 Å². The lowest BCUT2D eigenvalue weighted by Crippen LogP contribution is -1.97. The van der Waals surface area contributed by atoms with Gasteiger partial charge in [0.25, 0.3) is 0 Å². The molecular formula is C11H8BrCl2N3. The standard InChI is InChI=1S/C11H8BrCl2N3/c1-6-15-10(14)5-11(16-6)17-9-4-7(12)2-3-8(9)13/h2-5H,1H3,(H,15,16,17). The molecule has 0 aliphatic heterocycles. The monoisotopic (exact) mass is 331 g/mol. The summed E-state index contributed by atoms with van der Waals surface area (Å²) in [5, 5.41) is 4.10. The average Bonchev–Trinajstić information content (AvgIpc) is 2.22. The van der Waals surface area contributed by atoms with Crippen molar-refractivity contribution in [1.82, 2.24) is 9.97 Å². The van der Waals surface area contributed by atoms with Crippen LogP contribution in [0.1, 0.15) is 5.82 Å². The van der Waals surface area contributed by atoms with Crippen LogP contribution in [0.15, 0.2) is 28.7 Å². The van der Waals surface area contributed by atoms with Crippen molar-refractivity contribution < 1.29 is 0 Å². The summed E-state index contributed by atoms with van der Waals surface area (Å²) < 4.78 is 0.932. The first-order valence-corrected chi connectivity index (χ1v) is 6.33. The van der Waals surface area contributed by atoms with Crippen LogP contribution in [0.25, 0.3) is 0 Å². The van der Waals surface area contributed by atoms with Gasteiger partial charge in [0.2, 0.25) is 0 Å². The Morgan fingerprint density at radius 2 is 1.94 bits per heavy atom. The van der Waals surface area contributed by atoms with E-state index in [0.29, 0.717) is 21.8 Å². The van der Waals surface area contributed by atoms with Crippen molar-refractivity contribution in [2.24, 2.45) is 0 Å². The Balaban J connectivity index is 2.34. The second-order valence-corrected chi connectivity index (χ2v) is 5.08. The van der Waals surface area contributed by atoms with Crippen molar-refractivity contribution in [3.63, 3.8) is 0 Å². The molecule has 0 unspecified atom stereocenters. The SMILES string of the molecule is Cc1nc(Cl)cc(Nc2cc(Br)ccc2Cl)n1. The fourth-order valence-corrected chi connectivity index (χ4v) is 2.08. The molecule has 2 rings (SSSR count). The molecule has 6 heteroatoms. The molecule has 0 radical (unpaired) electrons. The zero-order valence-electron chi connectivity index (χ0n) is 8.84. The van der Waals surface area contributed by atoms with Crippen LogP contribution in [-0.4, -0.2) is 9.97 Å². The largest absolute Gasteiger partial charge is 0.339 e. The number of hydrogen-bond acceptors (Lipinski definition) is 3. The lowest BCUT2D eigenvalue weighted by Gasteiger charge is -2.08. The average molecular weight is 333 g/mol. The van der Waals surface area contributed by atoms with Gasteiger partial charge in [-0.05, 0) is 25.1 Å². The molecule has 17 heavy (non-hydrogen) atoms. The van der Waals surface area contributed by atoms with Crippen LogP contribution < -0.4 is 5.32 Å². The molecule has 0 aliphatic carbocycles. The second-order valence-electron chi connectivity index (χ2n) is 3.37. The molecule has 0 saturated carbocycles. The van der Waals surface area contributed by atoms with Gasteiger partial charge in [0.1, 0.15) is 16.8 Å². The van der Waals surface area contributed by atoms with Gasteiger partial charge in [-0.3, -0.25) is 0 Å². The topological polar surface area (TPSA) is 37.8 Å². The van der Waals surface area contributed by atoms with E-state index in [2.05, 4.69) is 31.2 Å². The van der Waals surface area contributed by atoms with Gasteiger partial charge < -0.3 is 5.32 Å². The third kappa shape index (κ3) is 3.31. The second kappa shape index (κ2) is 5.21. The summed E-state index contributed by atoms with van der Waals surface area (Å²) in [4.78, 5) is 8.21. The molecule has 88 valence electrons. The summed E-state index contributed by atoms with van der Waals surface area (Å²) in [6.07, 6.45) is 0. The van der Waals surface area contributed by atoms with E-state index in [-0.39, 0.29) is 0 Å². The zero-order chi connectivity index (χ0) is 12.4. The normalized spacial score (nSPS) is 10.4. The quantitative estimate of drug-likeness (QED) is 0.817. The Morgan fingerprint density at radius 1 is 1.18 bits per heavy atom. The molecule has 0 spiro atoms. The number of nitrogens with one attached hydrogen (secondary N) is 1. The molecule has 0 atom stereocenters. The smallest absolute Gasteiger partial charge is 0.135 e. The number of aryl methyl sites for hydroxylation is 1.